The van der Waals surface area contributed by atoms with E-state index in [1.165, 1.54) is 11.3 Å². The zero-order chi connectivity index (χ0) is 16.3. The van der Waals surface area contributed by atoms with Crippen molar-refractivity contribution >= 4 is 44.4 Å². The SMILES string of the molecule is CC(C)(C)OC(=O)NCC(=O)Nc1ccc2nc(N)sc2c1. The maximum atomic E-state index is 11.8. The van der Waals surface area contributed by atoms with E-state index in [1.54, 1.807) is 39.0 Å². The fourth-order valence-corrected chi connectivity index (χ4v) is 2.47. The number of carbonyl (C=O) groups excluding carboxylic acids is 2. The summed E-state index contributed by atoms with van der Waals surface area (Å²) in [4.78, 5) is 27.4. The Morgan fingerprint density at radius 2 is 2.09 bits per heavy atom. The van der Waals surface area contributed by atoms with Crippen LogP contribution < -0.4 is 16.4 Å². The van der Waals surface area contributed by atoms with Crippen molar-refractivity contribution in [2.24, 2.45) is 0 Å². The fourth-order valence-electron chi connectivity index (χ4n) is 1.69. The third-order valence-corrected chi connectivity index (χ3v) is 3.33. The van der Waals surface area contributed by atoms with Gasteiger partial charge in [0.2, 0.25) is 5.91 Å². The van der Waals surface area contributed by atoms with Gasteiger partial charge >= 0.3 is 6.09 Å². The van der Waals surface area contributed by atoms with Crippen molar-refractivity contribution in [3.05, 3.63) is 18.2 Å². The highest BCUT2D eigenvalue weighted by Crippen LogP contribution is 2.26. The van der Waals surface area contributed by atoms with Crippen LogP contribution in [0, 0.1) is 0 Å². The monoisotopic (exact) mass is 322 g/mol. The van der Waals surface area contributed by atoms with Crippen molar-refractivity contribution in [2.75, 3.05) is 17.6 Å². The normalized spacial score (nSPS) is 11.2. The second kappa shape index (κ2) is 6.18. The summed E-state index contributed by atoms with van der Waals surface area (Å²) in [6.07, 6.45) is -0.631. The van der Waals surface area contributed by atoms with Crippen molar-refractivity contribution in [3.8, 4) is 0 Å². The molecular formula is C14H18N4O3S. The number of alkyl carbamates (subject to hydrolysis) is 1. The van der Waals surface area contributed by atoms with E-state index < -0.39 is 11.7 Å². The highest BCUT2D eigenvalue weighted by molar-refractivity contribution is 7.22. The number of anilines is 2. The molecule has 0 saturated heterocycles. The van der Waals surface area contributed by atoms with E-state index in [1.807, 2.05) is 0 Å². The summed E-state index contributed by atoms with van der Waals surface area (Å²) in [7, 11) is 0. The Kier molecular flexibility index (Phi) is 4.51. The molecule has 0 atom stereocenters. The number of fused-ring (bicyclic) bond motifs is 1. The molecule has 4 N–H and O–H groups in total. The summed E-state index contributed by atoms with van der Waals surface area (Å²) in [5, 5.41) is 5.56. The number of ether oxygens (including phenoxy) is 1. The first-order valence-electron chi connectivity index (χ1n) is 6.66. The quantitative estimate of drug-likeness (QED) is 0.804. The van der Waals surface area contributed by atoms with Crippen LogP contribution in [0.25, 0.3) is 10.2 Å². The molecule has 0 fully saturated rings. The summed E-state index contributed by atoms with van der Waals surface area (Å²) < 4.78 is 5.93. The summed E-state index contributed by atoms with van der Waals surface area (Å²) in [6.45, 7) is 5.09. The minimum atomic E-state index is -0.631. The van der Waals surface area contributed by atoms with Gasteiger partial charge in [0.1, 0.15) is 12.1 Å². The van der Waals surface area contributed by atoms with Gasteiger partial charge in [0, 0.05) is 5.69 Å². The molecule has 0 bridgehead atoms. The van der Waals surface area contributed by atoms with Crippen LogP contribution in [0.15, 0.2) is 18.2 Å². The number of amides is 2. The van der Waals surface area contributed by atoms with Gasteiger partial charge < -0.3 is 21.1 Å². The first kappa shape index (κ1) is 16.0. The van der Waals surface area contributed by atoms with E-state index in [9.17, 15) is 9.59 Å². The van der Waals surface area contributed by atoms with Gasteiger partial charge in [-0.3, -0.25) is 4.79 Å². The van der Waals surface area contributed by atoms with Crippen molar-refractivity contribution < 1.29 is 14.3 Å². The fraction of sp³-hybridized carbons (Fsp3) is 0.357. The van der Waals surface area contributed by atoms with Crippen molar-refractivity contribution in [1.82, 2.24) is 10.3 Å². The van der Waals surface area contributed by atoms with Gasteiger partial charge in [-0.15, -0.1) is 0 Å². The molecule has 2 aromatic rings. The number of nitrogen functional groups attached to an aromatic ring is 1. The summed E-state index contributed by atoms with van der Waals surface area (Å²) >= 11 is 1.34. The maximum absolute atomic E-state index is 11.8. The van der Waals surface area contributed by atoms with Crippen molar-refractivity contribution in [1.29, 1.82) is 0 Å². The number of nitrogens with two attached hydrogens (primary N) is 1. The predicted molar refractivity (Wildman–Crippen MR) is 86.9 cm³/mol. The lowest BCUT2D eigenvalue weighted by Crippen LogP contribution is -2.37. The van der Waals surface area contributed by atoms with Crippen LogP contribution in [0.3, 0.4) is 0 Å². The lowest BCUT2D eigenvalue weighted by Gasteiger charge is -2.19. The zero-order valence-electron chi connectivity index (χ0n) is 12.6. The van der Waals surface area contributed by atoms with Crippen LogP contribution in [-0.4, -0.2) is 29.1 Å². The number of rotatable bonds is 3. The highest BCUT2D eigenvalue weighted by atomic mass is 32.1. The minimum Gasteiger partial charge on any atom is -0.444 e. The van der Waals surface area contributed by atoms with Crippen LogP contribution in [0.4, 0.5) is 15.6 Å². The molecule has 2 amide bonds. The molecule has 8 heteroatoms. The molecule has 1 aromatic heterocycles. The molecule has 0 aliphatic rings. The number of hydrogen-bond donors (Lipinski definition) is 3. The number of thiazole rings is 1. The molecule has 22 heavy (non-hydrogen) atoms. The van der Waals surface area contributed by atoms with Crippen LogP contribution in [0.2, 0.25) is 0 Å². The Morgan fingerprint density at radius 3 is 2.77 bits per heavy atom. The number of benzene rings is 1. The molecule has 1 heterocycles. The molecule has 1 aromatic carbocycles. The average Bonchev–Trinajstić information content (AvgIpc) is 2.74. The lowest BCUT2D eigenvalue weighted by molar-refractivity contribution is -0.115. The van der Waals surface area contributed by atoms with Gasteiger partial charge in [-0.2, -0.15) is 0 Å². The van der Waals surface area contributed by atoms with E-state index in [-0.39, 0.29) is 12.5 Å². The zero-order valence-corrected chi connectivity index (χ0v) is 13.4. The number of nitrogens with zero attached hydrogens (tertiary/aromatic N) is 1. The standard InChI is InChI=1S/C14H18N4O3S/c1-14(2,3)21-13(20)16-7-11(19)17-8-4-5-9-10(6-8)22-12(15)18-9/h4-6H,7H2,1-3H3,(H2,15,18)(H,16,20)(H,17,19). The smallest absolute Gasteiger partial charge is 0.408 e. The van der Waals surface area contributed by atoms with Gasteiger partial charge in [-0.25, -0.2) is 9.78 Å². The Hall–Kier alpha value is -2.35. The van der Waals surface area contributed by atoms with Crippen molar-refractivity contribution in [2.45, 2.75) is 26.4 Å². The van der Waals surface area contributed by atoms with E-state index in [0.29, 0.717) is 10.8 Å². The molecule has 7 nitrogen and oxygen atoms in total. The Morgan fingerprint density at radius 1 is 1.36 bits per heavy atom. The van der Waals surface area contributed by atoms with Gasteiger partial charge in [-0.05, 0) is 39.0 Å². The van der Waals surface area contributed by atoms with Crippen molar-refractivity contribution in [3.63, 3.8) is 0 Å². The topological polar surface area (TPSA) is 106 Å². The van der Waals surface area contributed by atoms with E-state index in [0.717, 1.165) is 10.2 Å². The predicted octanol–water partition coefficient (Wildman–Crippen LogP) is 2.34. The third-order valence-electron chi connectivity index (χ3n) is 2.48. The molecule has 118 valence electrons. The molecule has 0 saturated carbocycles. The van der Waals surface area contributed by atoms with Gasteiger partial charge in [0.05, 0.1) is 10.2 Å². The summed E-state index contributed by atoms with van der Waals surface area (Å²) in [5.74, 6) is -0.345. The number of hydrogen-bond acceptors (Lipinski definition) is 6. The van der Waals surface area contributed by atoms with E-state index in [4.69, 9.17) is 10.5 Å². The third kappa shape index (κ3) is 4.59. The van der Waals surface area contributed by atoms with Crippen LogP contribution >= 0.6 is 11.3 Å². The summed E-state index contributed by atoms with van der Waals surface area (Å²) in [5.41, 5.74) is 6.43. The molecule has 0 aliphatic carbocycles. The number of aromatic nitrogens is 1. The first-order chi connectivity index (χ1) is 10.2. The Balaban J connectivity index is 1.89. The first-order valence-corrected chi connectivity index (χ1v) is 7.47. The van der Waals surface area contributed by atoms with Gasteiger partial charge in [0.25, 0.3) is 0 Å². The second-order valence-corrected chi connectivity index (χ2v) is 6.70. The molecule has 0 spiro atoms. The largest absolute Gasteiger partial charge is 0.444 e. The maximum Gasteiger partial charge on any atom is 0.408 e. The molecule has 0 unspecified atom stereocenters. The average molecular weight is 322 g/mol. The molecule has 0 aliphatic heterocycles. The number of nitrogens with one attached hydrogen (secondary N) is 2. The second-order valence-electron chi connectivity index (χ2n) is 5.64. The lowest BCUT2D eigenvalue weighted by atomic mass is 10.2. The van der Waals surface area contributed by atoms with E-state index >= 15 is 0 Å². The van der Waals surface area contributed by atoms with Crippen LogP contribution in [0.5, 0.6) is 0 Å². The van der Waals surface area contributed by atoms with E-state index in [2.05, 4.69) is 15.6 Å². The number of carbonyl (C=O) groups is 2. The Labute approximate surface area is 131 Å². The Bertz CT molecular complexity index is 706. The molecular weight excluding hydrogens is 304 g/mol. The highest BCUT2D eigenvalue weighted by Gasteiger charge is 2.16. The molecule has 0 radical (unpaired) electrons. The summed E-state index contributed by atoms with van der Waals surface area (Å²) in [6, 6.07) is 5.29. The minimum absolute atomic E-state index is 0.169. The van der Waals surface area contributed by atoms with Gasteiger partial charge in [0.15, 0.2) is 5.13 Å². The molecule has 2 rings (SSSR count). The van der Waals surface area contributed by atoms with Crippen LogP contribution in [0.1, 0.15) is 20.8 Å². The van der Waals surface area contributed by atoms with Crippen LogP contribution in [-0.2, 0) is 9.53 Å². The van der Waals surface area contributed by atoms with Gasteiger partial charge in [-0.1, -0.05) is 11.3 Å².